The van der Waals surface area contributed by atoms with Crippen LogP contribution in [0.1, 0.15) is 90.0 Å². The van der Waals surface area contributed by atoms with E-state index in [0.29, 0.717) is 13.0 Å². The van der Waals surface area contributed by atoms with Crippen LogP contribution in [0.4, 0.5) is 0 Å². The van der Waals surface area contributed by atoms with Crippen molar-refractivity contribution in [3.8, 4) is 0 Å². The zero-order valence-electron chi connectivity index (χ0n) is 16.9. The first-order valence-corrected chi connectivity index (χ1v) is 10.5. The molecular formula is C22H40ClNO2. The van der Waals surface area contributed by atoms with Crippen molar-refractivity contribution in [1.29, 1.82) is 0 Å². The first-order valence-electron chi connectivity index (χ1n) is 10.5. The zero-order chi connectivity index (χ0) is 18.4. The fourth-order valence-electron chi connectivity index (χ4n) is 3.48. The van der Waals surface area contributed by atoms with Gasteiger partial charge in [0.1, 0.15) is 6.54 Å². The number of unbranched alkanes of at least 4 members (excludes halogenated alkanes) is 9. The molecule has 0 fully saturated rings. The lowest BCUT2D eigenvalue weighted by Crippen LogP contribution is -3.00. The molecule has 1 aromatic rings. The van der Waals surface area contributed by atoms with Crippen molar-refractivity contribution < 1.29 is 27.6 Å². The van der Waals surface area contributed by atoms with Gasteiger partial charge in [0.2, 0.25) is 0 Å². The van der Waals surface area contributed by atoms with Gasteiger partial charge in [0.15, 0.2) is 6.04 Å². The number of rotatable bonds is 15. The van der Waals surface area contributed by atoms with E-state index in [1.807, 2.05) is 25.1 Å². The van der Waals surface area contributed by atoms with Gasteiger partial charge in [-0.25, -0.2) is 0 Å². The standard InChI is InChI=1S/C22H40NO2.ClH/c1-3-5-6-7-8-9-10-11-12-16-19-23(24,25)22(4-2)20-21-17-14-13-15-18-21;/h13-15,17-18,22,24-25H,3-12,16,19-20H2,1-2H3;1H/q+1;/p-1. The normalized spacial score (nSPS) is 12.6. The molecule has 2 N–H and O–H groups in total. The van der Waals surface area contributed by atoms with Gasteiger partial charge >= 0.3 is 0 Å². The van der Waals surface area contributed by atoms with Crippen LogP contribution in [0.3, 0.4) is 0 Å². The second kappa shape index (κ2) is 15.4. The van der Waals surface area contributed by atoms with Crippen LogP contribution >= 0.6 is 0 Å². The van der Waals surface area contributed by atoms with Gasteiger partial charge in [-0.05, 0) is 16.8 Å². The van der Waals surface area contributed by atoms with Gasteiger partial charge in [-0.2, -0.15) is 10.4 Å². The van der Waals surface area contributed by atoms with Crippen molar-refractivity contribution in [2.75, 3.05) is 6.54 Å². The molecule has 152 valence electrons. The molecular weight excluding hydrogens is 346 g/mol. The van der Waals surface area contributed by atoms with Gasteiger partial charge in [0.05, 0.1) is 0 Å². The molecule has 0 bridgehead atoms. The minimum absolute atomic E-state index is 0. The first-order chi connectivity index (χ1) is 12.1. The van der Waals surface area contributed by atoms with Crippen LogP contribution in [0.25, 0.3) is 0 Å². The van der Waals surface area contributed by atoms with Crippen molar-refractivity contribution in [2.24, 2.45) is 0 Å². The molecule has 0 saturated carbocycles. The Hall–Kier alpha value is -0.610. The average molecular weight is 386 g/mol. The molecule has 0 aliphatic rings. The second-order valence-corrected chi connectivity index (χ2v) is 7.44. The van der Waals surface area contributed by atoms with Crippen molar-refractivity contribution in [3.05, 3.63) is 35.9 Å². The molecule has 0 aromatic heterocycles. The summed E-state index contributed by atoms with van der Waals surface area (Å²) in [5.74, 6) is 0. The van der Waals surface area contributed by atoms with E-state index >= 15 is 0 Å². The maximum absolute atomic E-state index is 10.5. The van der Waals surface area contributed by atoms with Crippen LogP contribution in [-0.4, -0.2) is 27.8 Å². The maximum atomic E-state index is 10.5. The van der Waals surface area contributed by atoms with Crippen molar-refractivity contribution in [1.82, 2.24) is 0 Å². The summed E-state index contributed by atoms with van der Waals surface area (Å²) < 4.78 is 0. The molecule has 1 atom stereocenters. The second-order valence-electron chi connectivity index (χ2n) is 7.44. The first kappa shape index (κ1) is 25.4. The Bertz CT molecular complexity index is 425. The van der Waals surface area contributed by atoms with Crippen LogP contribution in [0.2, 0.25) is 0 Å². The minimum Gasteiger partial charge on any atom is -1.00 e. The van der Waals surface area contributed by atoms with Gasteiger partial charge < -0.3 is 12.4 Å². The topological polar surface area (TPSA) is 40.5 Å². The van der Waals surface area contributed by atoms with Crippen molar-refractivity contribution in [3.63, 3.8) is 0 Å². The number of hydroxylamine groups is 4. The Kier molecular flexibility index (Phi) is 15.1. The van der Waals surface area contributed by atoms with Gasteiger partial charge in [-0.3, -0.25) is 0 Å². The lowest BCUT2D eigenvalue weighted by molar-refractivity contribution is -1.26. The summed E-state index contributed by atoms with van der Waals surface area (Å²) in [7, 11) is 0. The number of hydrogen-bond acceptors (Lipinski definition) is 2. The summed E-state index contributed by atoms with van der Waals surface area (Å²) in [5.41, 5.74) is 1.17. The molecule has 0 spiro atoms. The monoisotopic (exact) mass is 385 g/mol. The summed E-state index contributed by atoms with van der Waals surface area (Å²) in [6.45, 7) is 4.72. The van der Waals surface area contributed by atoms with Gasteiger partial charge in [0, 0.05) is 19.3 Å². The third kappa shape index (κ3) is 11.2. The molecule has 1 rings (SSSR count). The number of nitrogens with zero attached hydrogens (tertiary/aromatic N) is 1. The molecule has 0 radical (unpaired) electrons. The molecule has 1 unspecified atom stereocenters. The highest BCUT2D eigenvalue weighted by Crippen LogP contribution is 2.18. The van der Waals surface area contributed by atoms with Gasteiger partial charge in [0.25, 0.3) is 0 Å². The lowest BCUT2D eigenvalue weighted by Gasteiger charge is -2.29. The Labute approximate surface area is 167 Å². The van der Waals surface area contributed by atoms with Gasteiger partial charge in [-0.15, -0.1) is 0 Å². The lowest BCUT2D eigenvalue weighted by atomic mass is 10.0. The molecule has 3 nitrogen and oxygen atoms in total. The summed E-state index contributed by atoms with van der Waals surface area (Å²) in [5, 5.41) is 20.9. The number of hydrogen-bond donors (Lipinski definition) is 2. The van der Waals surface area contributed by atoms with Crippen LogP contribution < -0.4 is 12.4 Å². The van der Waals surface area contributed by atoms with Crippen molar-refractivity contribution >= 4 is 0 Å². The fourth-order valence-corrected chi connectivity index (χ4v) is 3.48. The maximum Gasteiger partial charge on any atom is 0.155 e. The molecule has 0 heterocycles. The highest BCUT2D eigenvalue weighted by molar-refractivity contribution is 5.15. The number of quaternary nitrogens is 1. The smallest absolute Gasteiger partial charge is 0.155 e. The van der Waals surface area contributed by atoms with E-state index in [9.17, 15) is 10.4 Å². The summed E-state index contributed by atoms with van der Waals surface area (Å²) in [4.78, 5) is -0.831. The quantitative estimate of drug-likeness (QED) is 0.275. The van der Waals surface area contributed by atoms with Gasteiger partial charge in [-0.1, -0.05) is 95.5 Å². The van der Waals surface area contributed by atoms with Crippen LogP contribution in [-0.2, 0) is 6.42 Å². The van der Waals surface area contributed by atoms with Crippen molar-refractivity contribution in [2.45, 2.75) is 96.9 Å². The third-order valence-corrected chi connectivity index (χ3v) is 5.21. The Morgan fingerprint density at radius 3 is 1.77 bits per heavy atom. The Morgan fingerprint density at radius 2 is 1.27 bits per heavy atom. The highest BCUT2D eigenvalue weighted by Gasteiger charge is 2.33. The Morgan fingerprint density at radius 1 is 0.769 bits per heavy atom. The molecule has 1 aromatic carbocycles. The Balaban J connectivity index is 0.00000625. The molecule has 0 aliphatic heterocycles. The predicted octanol–water partition coefficient (Wildman–Crippen LogP) is 3.53. The van der Waals surface area contributed by atoms with Crippen LogP contribution in [0.5, 0.6) is 0 Å². The fraction of sp³-hybridized carbons (Fsp3) is 0.727. The molecule has 0 aliphatic carbocycles. The average Bonchev–Trinajstić information content (AvgIpc) is 2.62. The molecule has 4 heteroatoms. The molecule has 0 amide bonds. The summed E-state index contributed by atoms with van der Waals surface area (Å²) >= 11 is 0. The largest absolute Gasteiger partial charge is 1.00 e. The number of benzene rings is 1. The predicted molar refractivity (Wildman–Crippen MR) is 105 cm³/mol. The van der Waals surface area contributed by atoms with E-state index in [2.05, 4.69) is 19.1 Å². The highest BCUT2D eigenvalue weighted by atomic mass is 35.5. The SMILES string of the molecule is CCCCCCCCCCCC[N+](O)(O)C(CC)Cc1ccccc1.[Cl-]. The van der Waals surface area contributed by atoms with E-state index in [-0.39, 0.29) is 18.4 Å². The van der Waals surface area contributed by atoms with E-state index in [4.69, 9.17) is 0 Å². The van der Waals surface area contributed by atoms with Crippen LogP contribution in [0.15, 0.2) is 30.3 Å². The molecule has 0 saturated heterocycles. The number of halogens is 1. The summed E-state index contributed by atoms with van der Waals surface area (Å²) in [6.07, 6.45) is 14.1. The van der Waals surface area contributed by atoms with E-state index in [0.717, 1.165) is 19.3 Å². The minimum atomic E-state index is -0.831. The molecule has 26 heavy (non-hydrogen) atoms. The summed E-state index contributed by atoms with van der Waals surface area (Å²) in [6, 6.07) is 9.98. The van der Waals surface area contributed by atoms with E-state index in [1.165, 1.54) is 56.9 Å². The zero-order valence-corrected chi connectivity index (χ0v) is 17.6. The van der Waals surface area contributed by atoms with Crippen LogP contribution in [0, 0.1) is 0 Å². The van der Waals surface area contributed by atoms with E-state index in [1.54, 1.807) is 0 Å². The third-order valence-electron chi connectivity index (χ3n) is 5.21. The van der Waals surface area contributed by atoms with E-state index < -0.39 is 4.81 Å².